The molecule has 7 nitrogen and oxygen atoms in total. The zero-order valence-electron chi connectivity index (χ0n) is 13.2. The summed E-state index contributed by atoms with van der Waals surface area (Å²) < 4.78 is 24.3. The fraction of sp³-hybridized carbons (Fsp3) is 0.923. The predicted octanol–water partition coefficient (Wildman–Crippen LogP) is -0.423. The van der Waals surface area contributed by atoms with Gasteiger partial charge in [-0.05, 0) is 32.4 Å². The van der Waals surface area contributed by atoms with Gasteiger partial charge in [-0.15, -0.1) is 0 Å². The molecule has 0 saturated carbocycles. The first-order chi connectivity index (χ1) is 10.0. The molecule has 0 amide bonds. The lowest BCUT2D eigenvalue weighted by Gasteiger charge is -2.26. The molecule has 3 N–H and O–H groups in total. The van der Waals surface area contributed by atoms with Crippen molar-refractivity contribution in [3.8, 4) is 0 Å². The lowest BCUT2D eigenvalue weighted by Crippen LogP contribution is -2.43. The molecule has 1 rings (SSSR count). The average Bonchev–Trinajstić information content (AvgIpc) is 2.45. The Morgan fingerprint density at radius 3 is 2.38 bits per heavy atom. The van der Waals surface area contributed by atoms with Gasteiger partial charge in [-0.2, -0.15) is 0 Å². The van der Waals surface area contributed by atoms with Crippen LogP contribution in [0.5, 0.6) is 0 Å². The molecule has 0 aromatic carbocycles. The molecule has 1 aliphatic heterocycles. The molecule has 1 aliphatic rings. The van der Waals surface area contributed by atoms with Gasteiger partial charge in [0.25, 0.3) is 0 Å². The second-order valence-electron chi connectivity index (χ2n) is 5.35. The normalized spacial score (nSPS) is 17.7. The third kappa shape index (κ3) is 9.65. The highest BCUT2D eigenvalue weighted by atomic mass is 32.2. The Balaban J connectivity index is 2.06. The van der Waals surface area contributed by atoms with Crippen LogP contribution in [-0.2, 0) is 10.0 Å². The van der Waals surface area contributed by atoms with Gasteiger partial charge in [0.2, 0.25) is 10.0 Å². The number of sulfonamides is 1. The summed E-state index contributed by atoms with van der Waals surface area (Å²) in [5.41, 5.74) is 0. The molecule has 0 aromatic rings. The second kappa shape index (κ2) is 9.97. The van der Waals surface area contributed by atoms with E-state index in [1.165, 1.54) is 38.6 Å². The van der Waals surface area contributed by atoms with E-state index in [1.807, 2.05) is 0 Å². The number of hydrogen-bond donors (Lipinski definition) is 3. The van der Waals surface area contributed by atoms with Crippen molar-refractivity contribution in [3.05, 3.63) is 0 Å². The van der Waals surface area contributed by atoms with E-state index in [4.69, 9.17) is 0 Å². The molecule has 124 valence electrons. The standard InChI is InChI=1S/C13H29N5O2S/c1-14-13(15-7-6-8-17-21(2,19)20)16-9-12-18-10-4-3-5-11-18/h17H,3-12H2,1-2H3,(H2,14,15,16). The number of guanidine groups is 1. The van der Waals surface area contributed by atoms with Crippen molar-refractivity contribution in [2.24, 2.45) is 4.99 Å². The van der Waals surface area contributed by atoms with Gasteiger partial charge in [0, 0.05) is 33.2 Å². The van der Waals surface area contributed by atoms with Crippen molar-refractivity contribution in [3.63, 3.8) is 0 Å². The highest BCUT2D eigenvalue weighted by Gasteiger charge is 2.09. The van der Waals surface area contributed by atoms with Crippen LogP contribution >= 0.6 is 0 Å². The van der Waals surface area contributed by atoms with E-state index in [-0.39, 0.29) is 0 Å². The minimum Gasteiger partial charge on any atom is -0.356 e. The summed E-state index contributed by atoms with van der Waals surface area (Å²) in [6.07, 6.45) is 5.86. The summed E-state index contributed by atoms with van der Waals surface area (Å²) in [7, 11) is -1.35. The van der Waals surface area contributed by atoms with Gasteiger partial charge in [-0.3, -0.25) is 4.99 Å². The zero-order valence-corrected chi connectivity index (χ0v) is 14.0. The molecular formula is C13H29N5O2S. The number of likely N-dealkylation sites (tertiary alicyclic amines) is 1. The Labute approximate surface area is 128 Å². The van der Waals surface area contributed by atoms with Crippen molar-refractivity contribution in [1.82, 2.24) is 20.3 Å². The minimum absolute atomic E-state index is 0.441. The summed E-state index contributed by atoms with van der Waals surface area (Å²) in [5, 5.41) is 6.46. The topological polar surface area (TPSA) is 85.8 Å². The highest BCUT2D eigenvalue weighted by Crippen LogP contribution is 2.07. The van der Waals surface area contributed by atoms with Gasteiger partial charge in [0.15, 0.2) is 5.96 Å². The number of nitrogens with zero attached hydrogens (tertiary/aromatic N) is 2. The van der Waals surface area contributed by atoms with E-state index >= 15 is 0 Å². The molecule has 0 radical (unpaired) electrons. The second-order valence-corrected chi connectivity index (χ2v) is 7.18. The van der Waals surface area contributed by atoms with Crippen LogP contribution in [0.1, 0.15) is 25.7 Å². The summed E-state index contributed by atoms with van der Waals surface area (Å²) in [6, 6.07) is 0. The van der Waals surface area contributed by atoms with Crippen molar-refractivity contribution in [1.29, 1.82) is 0 Å². The summed E-state index contributed by atoms with van der Waals surface area (Å²) in [5.74, 6) is 0.770. The van der Waals surface area contributed by atoms with E-state index in [9.17, 15) is 8.42 Å². The smallest absolute Gasteiger partial charge is 0.208 e. The molecule has 0 aliphatic carbocycles. The molecule has 0 spiro atoms. The summed E-state index contributed by atoms with van der Waals surface area (Å²) >= 11 is 0. The summed E-state index contributed by atoms with van der Waals surface area (Å²) in [4.78, 5) is 6.63. The van der Waals surface area contributed by atoms with Crippen molar-refractivity contribution in [2.75, 3.05) is 52.6 Å². The molecule has 8 heteroatoms. The first kappa shape index (κ1) is 18.2. The van der Waals surface area contributed by atoms with E-state index < -0.39 is 10.0 Å². The van der Waals surface area contributed by atoms with Gasteiger partial charge in [-0.1, -0.05) is 6.42 Å². The van der Waals surface area contributed by atoms with Gasteiger partial charge in [0.1, 0.15) is 0 Å². The van der Waals surface area contributed by atoms with Crippen LogP contribution < -0.4 is 15.4 Å². The van der Waals surface area contributed by atoms with Crippen LogP contribution in [0, 0.1) is 0 Å². The van der Waals surface area contributed by atoms with Gasteiger partial charge in [0.05, 0.1) is 6.26 Å². The quantitative estimate of drug-likeness (QED) is 0.321. The van der Waals surface area contributed by atoms with E-state index in [0.717, 1.165) is 25.5 Å². The molecule has 0 atom stereocenters. The molecule has 1 saturated heterocycles. The fourth-order valence-electron chi connectivity index (χ4n) is 2.29. The van der Waals surface area contributed by atoms with Crippen molar-refractivity contribution < 1.29 is 8.42 Å². The first-order valence-electron chi connectivity index (χ1n) is 7.63. The molecular weight excluding hydrogens is 290 g/mol. The molecule has 0 bridgehead atoms. The minimum atomic E-state index is -3.09. The Hall–Kier alpha value is -0.860. The molecule has 0 unspecified atom stereocenters. The number of hydrogen-bond acceptors (Lipinski definition) is 4. The first-order valence-corrected chi connectivity index (χ1v) is 9.52. The monoisotopic (exact) mass is 319 g/mol. The van der Waals surface area contributed by atoms with Gasteiger partial charge in [-0.25, -0.2) is 13.1 Å². The van der Waals surface area contributed by atoms with Crippen LogP contribution in [-0.4, -0.2) is 71.8 Å². The van der Waals surface area contributed by atoms with Crippen molar-refractivity contribution in [2.45, 2.75) is 25.7 Å². The Morgan fingerprint density at radius 1 is 1.10 bits per heavy atom. The van der Waals surface area contributed by atoms with Gasteiger partial charge < -0.3 is 15.5 Å². The van der Waals surface area contributed by atoms with E-state index in [1.54, 1.807) is 7.05 Å². The molecule has 1 fully saturated rings. The molecule has 0 aromatic heterocycles. The number of piperidine rings is 1. The molecule has 1 heterocycles. The zero-order chi connectivity index (χ0) is 15.6. The number of nitrogens with one attached hydrogen (secondary N) is 3. The number of aliphatic imine (C=N–C) groups is 1. The Bertz CT molecular complexity index is 405. The maximum atomic E-state index is 10.9. The lowest BCUT2D eigenvalue weighted by molar-refractivity contribution is 0.232. The average molecular weight is 319 g/mol. The lowest BCUT2D eigenvalue weighted by atomic mass is 10.1. The van der Waals surface area contributed by atoms with E-state index in [2.05, 4.69) is 25.2 Å². The highest BCUT2D eigenvalue weighted by molar-refractivity contribution is 7.88. The third-order valence-corrected chi connectivity index (χ3v) is 4.13. The number of rotatable bonds is 8. The SMILES string of the molecule is CN=C(NCCCNS(C)(=O)=O)NCCN1CCCCC1. The van der Waals surface area contributed by atoms with Crippen LogP contribution in [0.25, 0.3) is 0 Å². The Kier molecular flexibility index (Phi) is 8.63. The predicted molar refractivity (Wildman–Crippen MR) is 87.1 cm³/mol. The Morgan fingerprint density at radius 2 is 1.76 bits per heavy atom. The van der Waals surface area contributed by atoms with Crippen LogP contribution in [0.3, 0.4) is 0 Å². The third-order valence-electron chi connectivity index (χ3n) is 3.40. The molecule has 21 heavy (non-hydrogen) atoms. The van der Waals surface area contributed by atoms with Gasteiger partial charge >= 0.3 is 0 Å². The maximum Gasteiger partial charge on any atom is 0.208 e. The summed E-state index contributed by atoms with van der Waals surface area (Å²) in [6.45, 7) is 5.44. The van der Waals surface area contributed by atoms with Crippen LogP contribution in [0.15, 0.2) is 4.99 Å². The fourth-order valence-corrected chi connectivity index (χ4v) is 2.80. The maximum absolute atomic E-state index is 10.9. The van der Waals surface area contributed by atoms with Crippen LogP contribution in [0.4, 0.5) is 0 Å². The van der Waals surface area contributed by atoms with E-state index in [0.29, 0.717) is 13.1 Å². The largest absolute Gasteiger partial charge is 0.356 e. The van der Waals surface area contributed by atoms with Crippen LogP contribution in [0.2, 0.25) is 0 Å². The van der Waals surface area contributed by atoms with Crippen molar-refractivity contribution >= 4 is 16.0 Å².